The molecule has 4 nitrogen and oxygen atoms in total. The number of carbonyl (C=O) groups excluding carboxylic acids is 1. The molecule has 0 spiro atoms. The first-order valence-electron chi connectivity index (χ1n) is 10.4. The Morgan fingerprint density at radius 3 is 2.46 bits per heavy atom. The second kappa shape index (κ2) is 8.02. The molecule has 1 aromatic carbocycles. The van der Waals surface area contributed by atoms with E-state index in [0.29, 0.717) is 18.4 Å². The van der Waals surface area contributed by atoms with Crippen molar-refractivity contribution in [3.05, 3.63) is 34.6 Å². The maximum Gasteiger partial charge on any atom is 0.246 e. The Balaban J connectivity index is 2.03. The van der Waals surface area contributed by atoms with Gasteiger partial charge >= 0.3 is 0 Å². The topological polar surface area (TPSA) is 42.7 Å². The lowest BCUT2D eigenvalue weighted by atomic mass is 9.91. The van der Waals surface area contributed by atoms with E-state index in [1.54, 1.807) is 6.08 Å². The number of piperidine rings is 1. The highest BCUT2D eigenvalue weighted by Crippen LogP contribution is 2.39. The summed E-state index contributed by atoms with van der Waals surface area (Å²) in [5.74, 6) is 2.93. The maximum absolute atomic E-state index is 13.0. The van der Waals surface area contributed by atoms with Crippen molar-refractivity contribution in [2.45, 2.75) is 54.9 Å². The molecule has 0 aliphatic carbocycles. The van der Waals surface area contributed by atoms with Gasteiger partial charge in [-0.15, -0.1) is 0 Å². The van der Waals surface area contributed by atoms with Gasteiger partial charge in [-0.25, -0.2) is 0 Å². The van der Waals surface area contributed by atoms with Crippen LogP contribution in [-0.2, 0) is 4.79 Å². The number of nitrogens with zero attached hydrogens (tertiary/aromatic N) is 1. The van der Waals surface area contributed by atoms with E-state index in [9.17, 15) is 4.79 Å². The standard InChI is InChI=1S/C24H33NO3/c1-8-27-23-18(6)24-21(17(5)19(7)28-24)11-20(23)16(4)10-22(26)25-12-14(2)9-15(3)13-25/h10-11,14-15H,8-9,12-13H2,1-7H3/b16-10+. The molecule has 2 unspecified atom stereocenters. The van der Waals surface area contributed by atoms with Crippen LogP contribution in [0.4, 0.5) is 0 Å². The van der Waals surface area contributed by atoms with E-state index in [-0.39, 0.29) is 5.91 Å². The molecule has 0 N–H and O–H groups in total. The Kier molecular flexibility index (Phi) is 5.87. The third kappa shape index (κ3) is 3.82. The molecular weight excluding hydrogens is 350 g/mol. The van der Waals surface area contributed by atoms with Gasteiger partial charge in [0.15, 0.2) is 0 Å². The number of furan rings is 1. The van der Waals surface area contributed by atoms with Gasteiger partial charge in [0.05, 0.1) is 6.61 Å². The molecule has 1 saturated heterocycles. The third-order valence-electron chi connectivity index (χ3n) is 5.88. The van der Waals surface area contributed by atoms with Crippen LogP contribution in [0.3, 0.4) is 0 Å². The number of ether oxygens (including phenoxy) is 1. The number of amides is 1. The molecule has 3 rings (SSSR count). The summed E-state index contributed by atoms with van der Waals surface area (Å²) in [5, 5.41) is 1.09. The predicted molar refractivity (Wildman–Crippen MR) is 115 cm³/mol. The molecule has 1 amide bonds. The van der Waals surface area contributed by atoms with Gasteiger partial charge < -0.3 is 14.1 Å². The summed E-state index contributed by atoms with van der Waals surface area (Å²) in [7, 11) is 0. The molecule has 0 radical (unpaired) electrons. The van der Waals surface area contributed by atoms with Crippen LogP contribution in [-0.4, -0.2) is 30.5 Å². The lowest BCUT2D eigenvalue weighted by Crippen LogP contribution is -2.41. The van der Waals surface area contributed by atoms with Crippen LogP contribution in [0, 0.1) is 32.6 Å². The molecule has 2 heterocycles. The summed E-state index contributed by atoms with van der Waals surface area (Å²) < 4.78 is 12.0. The van der Waals surface area contributed by atoms with Crippen molar-refractivity contribution < 1.29 is 13.9 Å². The third-order valence-corrected chi connectivity index (χ3v) is 5.88. The predicted octanol–water partition coefficient (Wildman–Crippen LogP) is 5.66. The molecule has 1 aliphatic rings. The minimum atomic E-state index is 0.0937. The van der Waals surface area contributed by atoms with Gasteiger partial charge in [0.1, 0.15) is 17.1 Å². The fourth-order valence-corrected chi connectivity index (χ4v) is 4.43. The number of benzene rings is 1. The fourth-order valence-electron chi connectivity index (χ4n) is 4.43. The van der Waals surface area contributed by atoms with Gasteiger partial charge in [0.25, 0.3) is 0 Å². The van der Waals surface area contributed by atoms with E-state index in [2.05, 4.69) is 26.8 Å². The Morgan fingerprint density at radius 1 is 1.21 bits per heavy atom. The van der Waals surface area contributed by atoms with Crippen molar-refractivity contribution in [1.82, 2.24) is 4.90 Å². The Morgan fingerprint density at radius 2 is 1.86 bits per heavy atom. The van der Waals surface area contributed by atoms with Crippen LogP contribution in [0.1, 0.15) is 56.6 Å². The molecule has 1 fully saturated rings. The maximum atomic E-state index is 13.0. The first kappa shape index (κ1) is 20.5. The number of allylic oxidation sites excluding steroid dienone is 1. The summed E-state index contributed by atoms with van der Waals surface area (Å²) in [5.41, 5.74) is 4.91. The average molecular weight is 384 g/mol. The van der Waals surface area contributed by atoms with Crippen LogP contribution in [0.25, 0.3) is 16.5 Å². The van der Waals surface area contributed by atoms with Crippen LogP contribution in [0.5, 0.6) is 5.75 Å². The molecule has 1 aliphatic heterocycles. The summed E-state index contributed by atoms with van der Waals surface area (Å²) in [6.07, 6.45) is 2.96. The van der Waals surface area contributed by atoms with Gasteiger partial charge in [-0.3, -0.25) is 4.79 Å². The van der Waals surface area contributed by atoms with Gasteiger partial charge in [-0.05, 0) is 70.1 Å². The van der Waals surface area contributed by atoms with Crippen LogP contribution < -0.4 is 4.74 Å². The smallest absolute Gasteiger partial charge is 0.246 e. The lowest BCUT2D eigenvalue weighted by molar-refractivity contribution is -0.128. The monoisotopic (exact) mass is 383 g/mol. The van der Waals surface area contributed by atoms with E-state index in [4.69, 9.17) is 9.15 Å². The molecule has 28 heavy (non-hydrogen) atoms. The average Bonchev–Trinajstić information content (AvgIpc) is 2.91. The second-order valence-electron chi connectivity index (χ2n) is 8.49. The van der Waals surface area contributed by atoms with Gasteiger partial charge in [0.2, 0.25) is 5.91 Å². The van der Waals surface area contributed by atoms with Crippen LogP contribution in [0.15, 0.2) is 16.6 Å². The van der Waals surface area contributed by atoms with E-state index < -0.39 is 0 Å². The zero-order valence-electron chi connectivity index (χ0n) is 18.3. The van der Waals surface area contributed by atoms with Crippen molar-refractivity contribution in [2.75, 3.05) is 19.7 Å². The molecule has 0 saturated carbocycles. The van der Waals surface area contributed by atoms with Gasteiger partial charge in [-0.1, -0.05) is 13.8 Å². The zero-order valence-corrected chi connectivity index (χ0v) is 18.3. The van der Waals surface area contributed by atoms with Crippen molar-refractivity contribution in [1.29, 1.82) is 0 Å². The SMILES string of the molecule is CCOc1c(/C(C)=C/C(=O)N2CC(C)CC(C)C2)cc2c(C)c(C)oc2c1C. The minimum Gasteiger partial charge on any atom is -0.493 e. The number of carbonyl (C=O) groups is 1. The largest absolute Gasteiger partial charge is 0.493 e. The minimum absolute atomic E-state index is 0.0937. The molecular formula is C24H33NO3. The highest BCUT2D eigenvalue weighted by atomic mass is 16.5. The molecule has 0 bridgehead atoms. The Labute approximate surface area is 168 Å². The highest BCUT2D eigenvalue weighted by Gasteiger charge is 2.25. The normalized spacial score (nSPS) is 20.7. The van der Waals surface area contributed by atoms with E-state index >= 15 is 0 Å². The Hall–Kier alpha value is -2.23. The summed E-state index contributed by atoms with van der Waals surface area (Å²) in [4.78, 5) is 14.9. The molecule has 2 aromatic rings. The first-order chi connectivity index (χ1) is 13.2. The van der Waals surface area contributed by atoms with Gasteiger partial charge in [-0.2, -0.15) is 0 Å². The van der Waals surface area contributed by atoms with Crippen molar-refractivity contribution >= 4 is 22.4 Å². The highest BCUT2D eigenvalue weighted by molar-refractivity contribution is 5.98. The number of rotatable bonds is 4. The molecule has 2 atom stereocenters. The van der Waals surface area contributed by atoms with Crippen LogP contribution >= 0.6 is 0 Å². The summed E-state index contributed by atoms with van der Waals surface area (Å²) >= 11 is 0. The Bertz CT molecular complexity index is 912. The first-order valence-corrected chi connectivity index (χ1v) is 10.4. The van der Waals surface area contributed by atoms with Crippen molar-refractivity contribution in [3.8, 4) is 5.75 Å². The fraction of sp³-hybridized carbons (Fsp3) is 0.542. The van der Waals surface area contributed by atoms with E-state index in [1.165, 1.54) is 6.42 Å². The zero-order chi connectivity index (χ0) is 20.6. The van der Waals surface area contributed by atoms with Crippen molar-refractivity contribution in [2.24, 2.45) is 11.8 Å². The summed E-state index contributed by atoms with van der Waals surface area (Å²) in [6.45, 7) is 16.8. The van der Waals surface area contributed by atoms with Gasteiger partial charge in [0, 0.05) is 35.7 Å². The van der Waals surface area contributed by atoms with Crippen molar-refractivity contribution in [3.63, 3.8) is 0 Å². The summed E-state index contributed by atoms with van der Waals surface area (Å²) in [6, 6.07) is 2.11. The molecule has 152 valence electrons. The second-order valence-corrected chi connectivity index (χ2v) is 8.49. The lowest BCUT2D eigenvalue weighted by Gasteiger charge is -2.34. The van der Waals surface area contributed by atoms with E-state index in [1.807, 2.05) is 32.6 Å². The number of likely N-dealkylation sites (tertiary alicyclic amines) is 1. The molecule has 4 heteroatoms. The quantitative estimate of drug-likeness (QED) is 0.639. The van der Waals surface area contributed by atoms with Crippen LogP contribution in [0.2, 0.25) is 0 Å². The number of fused-ring (bicyclic) bond motifs is 1. The number of hydrogen-bond donors (Lipinski definition) is 0. The number of aryl methyl sites for hydroxylation is 3. The number of hydrogen-bond acceptors (Lipinski definition) is 3. The molecule has 1 aromatic heterocycles. The van der Waals surface area contributed by atoms with E-state index in [0.717, 1.165) is 57.8 Å².